The van der Waals surface area contributed by atoms with Crippen LogP contribution in [0.5, 0.6) is 0 Å². The van der Waals surface area contributed by atoms with Crippen LogP contribution in [0.2, 0.25) is 0 Å². The summed E-state index contributed by atoms with van der Waals surface area (Å²) in [5.41, 5.74) is 1.60. The largest absolute Gasteiger partial charge is 0.330 e. The second-order valence-corrected chi connectivity index (χ2v) is 8.48. The van der Waals surface area contributed by atoms with E-state index in [4.69, 9.17) is 0 Å². The van der Waals surface area contributed by atoms with Gasteiger partial charge in [-0.1, -0.05) is 31.4 Å². The molecule has 1 atom stereocenters. The zero-order valence-corrected chi connectivity index (χ0v) is 17.4. The van der Waals surface area contributed by atoms with E-state index in [1.54, 1.807) is 21.8 Å². The van der Waals surface area contributed by atoms with Crippen LogP contribution in [0.4, 0.5) is 10.2 Å². The van der Waals surface area contributed by atoms with Gasteiger partial charge in [0.05, 0.1) is 12.7 Å². The number of nitrogens with zero attached hydrogens (tertiary/aromatic N) is 3. The van der Waals surface area contributed by atoms with Crippen LogP contribution in [0.15, 0.2) is 30.5 Å². The zero-order chi connectivity index (χ0) is 21.1. The number of carbonyl (C=O) groups is 2. The van der Waals surface area contributed by atoms with Crippen molar-refractivity contribution in [1.82, 2.24) is 14.7 Å². The fourth-order valence-electron chi connectivity index (χ4n) is 4.66. The number of aromatic nitrogens is 2. The first-order chi connectivity index (χ1) is 14.5. The second-order valence-electron chi connectivity index (χ2n) is 8.48. The molecule has 2 aromatic rings. The number of hydrogen-bond donors (Lipinski definition) is 1. The Balaban J connectivity index is 1.46. The molecule has 0 spiro atoms. The molecule has 7 heteroatoms. The van der Waals surface area contributed by atoms with E-state index in [2.05, 4.69) is 10.4 Å². The summed E-state index contributed by atoms with van der Waals surface area (Å²) in [5, 5.41) is 7.34. The number of anilines is 1. The quantitative estimate of drug-likeness (QED) is 0.810. The third-order valence-electron chi connectivity index (χ3n) is 6.28. The summed E-state index contributed by atoms with van der Waals surface area (Å²) in [6.45, 7) is 2.88. The fraction of sp³-hybridized carbons (Fsp3) is 0.522. The van der Waals surface area contributed by atoms with Crippen LogP contribution in [0.1, 0.15) is 56.1 Å². The number of benzene rings is 1. The summed E-state index contributed by atoms with van der Waals surface area (Å²) in [5.74, 6) is 0.330. The molecule has 2 fully saturated rings. The normalized spacial score (nSPS) is 19.8. The molecule has 1 saturated heterocycles. The highest BCUT2D eigenvalue weighted by molar-refractivity contribution is 5.97. The average Bonchev–Trinajstić information content (AvgIpc) is 3.36. The van der Waals surface area contributed by atoms with Crippen LogP contribution >= 0.6 is 0 Å². The first-order valence-corrected chi connectivity index (χ1v) is 10.9. The number of halogens is 1. The molecule has 2 aliphatic rings. The molecule has 2 heterocycles. The van der Waals surface area contributed by atoms with Gasteiger partial charge in [-0.15, -0.1) is 0 Å². The summed E-state index contributed by atoms with van der Waals surface area (Å²) in [4.78, 5) is 27.9. The van der Waals surface area contributed by atoms with E-state index < -0.39 is 6.04 Å². The Bertz CT molecular complexity index is 920. The molecule has 2 amide bonds. The summed E-state index contributed by atoms with van der Waals surface area (Å²) in [6.07, 6.45) is 8.47. The minimum absolute atomic E-state index is 0.0624. The molecule has 0 unspecified atom stereocenters. The Morgan fingerprint density at radius 1 is 1.17 bits per heavy atom. The highest BCUT2D eigenvalue weighted by Crippen LogP contribution is 2.29. The van der Waals surface area contributed by atoms with Crippen molar-refractivity contribution in [3.8, 4) is 0 Å². The van der Waals surface area contributed by atoms with Gasteiger partial charge in [-0.25, -0.2) is 9.07 Å². The summed E-state index contributed by atoms with van der Waals surface area (Å²) >= 11 is 0. The van der Waals surface area contributed by atoms with Gasteiger partial charge in [-0.2, -0.15) is 5.10 Å². The molecule has 1 aromatic heterocycles. The predicted octanol–water partition coefficient (Wildman–Crippen LogP) is 3.89. The van der Waals surface area contributed by atoms with Crippen LogP contribution in [0, 0.1) is 18.7 Å². The smallest absolute Gasteiger partial charge is 0.248 e. The Labute approximate surface area is 176 Å². The van der Waals surface area contributed by atoms with Gasteiger partial charge < -0.3 is 10.2 Å². The Hall–Kier alpha value is -2.70. The molecule has 1 aliphatic carbocycles. The molecule has 1 aromatic carbocycles. The van der Waals surface area contributed by atoms with Crippen molar-refractivity contribution in [3.63, 3.8) is 0 Å². The van der Waals surface area contributed by atoms with E-state index >= 15 is 0 Å². The summed E-state index contributed by atoms with van der Waals surface area (Å²) < 4.78 is 15.2. The lowest BCUT2D eigenvalue weighted by Crippen LogP contribution is -2.46. The Morgan fingerprint density at radius 3 is 2.73 bits per heavy atom. The van der Waals surface area contributed by atoms with Crippen molar-refractivity contribution in [2.75, 3.05) is 11.9 Å². The van der Waals surface area contributed by atoms with Crippen LogP contribution in [0.3, 0.4) is 0 Å². The van der Waals surface area contributed by atoms with E-state index in [1.807, 2.05) is 13.0 Å². The standard InChI is InChI=1S/C23H29FN4O2/c1-16-14-25-28(15-17-7-5-10-19(24)13-17)21(16)26-22(29)20-11-6-12-27(20)23(30)18-8-3-2-4-9-18/h5,7,10,13-14,18,20H,2-4,6,8-9,11-12,15H2,1H3,(H,26,29)/t20-/m1/s1. The van der Waals surface area contributed by atoms with Crippen LogP contribution in [0.25, 0.3) is 0 Å². The van der Waals surface area contributed by atoms with Gasteiger partial charge in [0.2, 0.25) is 11.8 Å². The number of rotatable bonds is 5. The molecule has 160 valence electrons. The lowest BCUT2D eigenvalue weighted by Gasteiger charge is -2.30. The Morgan fingerprint density at radius 2 is 1.97 bits per heavy atom. The van der Waals surface area contributed by atoms with Crippen molar-refractivity contribution in [2.24, 2.45) is 5.92 Å². The van der Waals surface area contributed by atoms with Gasteiger partial charge in [0.15, 0.2) is 0 Å². The molecular weight excluding hydrogens is 383 g/mol. The van der Waals surface area contributed by atoms with Crippen molar-refractivity contribution >= 4 is 17.6 Å². The maximum atomic E-state index is 13.5. The maximum absolute atomic E-state index is 13.5. The number of amides is 2. The minimum Gasteiger partial charge on any atom is -0.330 e. The Kier molecular flexibility index (Phi) is 6.16. The van der Waals surface area contributed by atoms with E-state index in [9.17, 15) is 14.0 Å². The molecule has 1 N–H and O–H groups in total. The first kappa shape index (κ1) is 20.6. The SMILES string of the molecule is Cc1cnn(Cc2cccc(F)c2)c1NC(=O)[C@H]1CCCN1C(=O)C1CCCCC1. The molecule has 0 radical (unpaired) electrons. The third kappa shape index (κ3) is 4.40. The number of hydrogen-bond acceptors (Lipinski definition) is 3. The zero-order valence-electron chi connectivity index (χ0n) is 17.4. The van der Waals surface area contributed by atoms with E-state index in [1.165, 1.54) is 18.6 Å². The minimum atomic E-state index is -0.434. The van der Waals surface area contributed by atoms with E-state index in [0.29, 0.717) is 25.3 Å². The number of carbonyl (C=O) groups excluding carboxylic acids is 2. The van der Waals surface area contributed by atoms with Crippen LogP contribution in [-0.4, -0.2) is 39.1 Å². The topological polar surface area (TPSA) is 67.2 Å². The molecule has 1 saturated carbocycles. The van der Waals surface area contributed by atoms with Crippen molar-refractivity contribution < 1.29 is 14.0 Å². The van der Waals surface area contributed by atoms with Gasteiger partial charge >= 0.3 is 0 Å². The van der Waals surface area contributed by atoms with E-state index in [-0.39, 0.29) is 23.5 Å². The highest BCUT2D eigenvalue weighted by Gasteiger charge is 2.37. The predicted molar refractivity (Wildman–Crippen MR) is 112 cm³/mol. The monoisotopic (exact) mass is 412 g/mol. The number of aryl methyl sites for hydroxylation is 1. The van der Waals surface area contributed by atoms with E-state index in [0.717, 1.165) is 43.2 Å². The van der Waals surface area contributed by atoms with Crippen molar-refractivity contribution in [3.05, 3.63) is 47.4 Å². The molecular formula is C23H29FN4O2. The molecule has 1 aliphatic heterocycles. The molecule has 30 heavy (non-hydrogen) atoms. The molecule has 0 bridgehead atoms. The number of likely N-dealkylation sites (tertiary alicyclic amines) is 1. The lowest BCUT2D eigenvalue weighted by molar-refractivity contribution is -0.141. The maximum Gasteiger partial charge on any atom is 0.248 e. The average molecular weight is 413 g/mol. The molecule has 6 nitrogen and oxygen atoms in total. The van der Waals surface area contributed by atoms with Gasteiger partial charge in [0.1, 0.15) is 17.7 Å². The van der Waals surface area contributed by atoms with Gasteiger partial charge in [-0.3, -0.25) is 9.59 Å². The lowest BCUT2D eigenvalue weighted by atomic mass is 9.88. The van der Waals surface area contributed by atoms with Gasteiger partial charge in [0, 0.05) is 18.0 Å². The second kappa shape index (κ2) is 8.98. The first-order valence-electron chi connectivity index (χ1n) is 10.9. The van der Waals surface area contributed by atoms with Crippen LogP contribution < -0.4 is 5.32 Å². The van der Waals surface area contributed by atoms with Crippen molar-refractivity contribution in [1.29, 1.82) is 0 Å². The van der Waals surface area contributed by atoms with Gasteiger partial charge in [0.25, 0.3) is 0 Å². The van der Waals surface area contributed by atoms with Crippen molar-refractivity contribution in [2.45, 2.75) is 64.5 Å². The number of nitrogens with one attached hydrogen (secondary N) is 1. The molecule has 4 rings (SSSR count). The fourth-order valence-corrected chi connectivity index (χ4v) is 4.66. The third-order valence-corrected chi connectivity index (χ3v) is 6.28. The summed E-state index contributed by atoms with van der Waals surface area (Å²) in [7, 11) is 0. The highest BCUT2D eigenvalue weighted by atomic mass is 19.1. The summed E-state index contributed by atoms with van der Waals surface area (Å²) in [6, 6.07) is 5.92. The van der Waals surface area contributed by atoms with Gasteiger partial charge in [-0.05, 0) is 50.3 Å². The van der Waals surface area contributed by atoms with Crippen LogP contribution in [-0.2, 0) is 16.1 Å².